The maximum Gasteiger partial charge on any atom is 0.331 e. The molecule has 172 valence electrons. The summed E-state index contributed by atoms with van der Waals surface area (Å²) in [4.78, 5) is 33.4. The average molecular weight is 464 g/mol. The molecule has 3 aromatic rings. The van der Waals surface area contributed by atoms with Crippen molar-refractivity contribution in [1.29, 1.82) is 0 Å². The summed E-state index contributed by atoms with van der Waals surface area (Å²) in [7, 11) is 0. The van der Waals surface area contributed by atoms with Crippen LogP contribution in [0, 0.1) is 0 Å². The number of H-pyrrole nitrogens is 1. The number of aliphatic imine (C=N–C) groups is 1. The molecule has 1 aliphatic heterocycles. The van der Waals surface area contributed by atoms with E-state index in [1.165, 1.54) is 10.1 Å². The van der Waals surface area contributed by atoms with Crippen molar-refractivity contribution in [3.63, 3.8) is 0 Å². The summed E-state index contributed by atoms with van der Waals surface area (Å²) in [6.45, 7) is 6.68. The van der Waals surface area contributed by atoms with Gasteiger partial charge in [0.15, 0.2) is 0 Å². The van der Waals surface area contributed by atoms with Crippen molar-refractivity contribution in [1.82, 2.24) is 9.55 Å². The SMILES string of the molecule is CCCCn1c(O)c(C2=Nc3ccccc3S[C@@H](c3ccc(C(C)C)cc3)C2)c(=O)[nH]c1=O. The fourth-order valence-electron chi connectivity index (χ4n) is 3.99. The number of para-hydroxylation sites is 1. The summed E-state index contributed by atoms with van der Waals surface area (Å²) < 4.78 is 1.24. The highest BCUT2D eigenvalue weighted by Crippen LogP contribution is 2.45. The second-order valence-corrected chi connectivity index (χ2v) is 9.87. The number of nitrogens with zero attached hydrogens (tertiary/aromatic N) is 2. The van der Waals surface area contributed by atoms with Gasteiger partial charge in [0.25, 0.3) is 5.56 Å². The van der Waals surface area contributed by atoms with Gasteiger partial charge < -0.3 is 5.11 Å². The Morgan fingerprint density at radius 2 is 1.88 bits per heavy atom. The molecule has 0 spiro atoms. The predicted molar refractivity (Wildman–Crippen MR) is 134 cm³/mol. The lowest BCUT2D eigenvalue weighted by molar-refractivity contribution is 0.394. The van der Waals surface area contributed by atoms with E-state index in [0.717, 1.165) is 29.0 Å². The van der Waals surface area contributed by atoms with E-state index in [1.54, 1.807) is 11.8 Å². The van der Waals surface area contributed by atoms with E-state index in [2.05, 4.69) is 43.1 Å². The van der Waals surface area contributed by atoms with Crippen molar-refractivity contribution < 1.29 is 5.11 Å². The van der Waals surface area contributed by atoms with Crippen molar-refractivity contribution in [3.05, 3.63) is 86.1 Å². The first kappa shape index (κ1) is 23.1. The number of hydrogen-bond acceptors (Lipinski definition) is 5. The molecule has 0 unspecified atom stereocenters. The first-order valence-electron chi connectivity index (χ1n) is 11.4. The summed E-state index contributed by atoms with van der Waals surface area (Å²) >= 11 is 1.70. The normalized spacial score (nSPS) is 15.8. The first-order chi connectivity index (χ1) is 15.9. The molecule has 7 heteroatoms. The maximum atomic E-state index is 12.9. The highest BCUT2D eigenvalue weighted by Gasteiger charge is 2.27. The van der Waals surface area contributed by atoms with Crippen LogP contribution in [0.2, 0.25) is 0 Å². The number of aromatic nitrogens is 2. The van der Waals surface area contributed by atoms with E-state index < -0.39 is 11.2 Å². The minimum absolute atomic E-state index is 0.00318. The van der Waals surface area contributed by atoms with Crippen LogP contribution in [0.5, 0.6) is 5.88 Å². The molecule has 2 heterocycles. The second kappa shape index (κ2) is 9.83. The zero-order valence-electron chi connectivity index (χ0n) is 19.2. The standard InChI is InChI=1S/C26H29N3O3S/c1-4-5-14-29-25(31)23(24(30)28-26(29)32)20-15-22(18-12-10-17(11-13-18)16(2)3)33-21-9-7-6-8-19(21)27-20/h6-13,16,22,31H,4-5,14-15H2,1-3H3,(H,28,30,32)/t22-/m1/s1. The lowest BCUT2D eigenvalue weighted by atomic mass is 9.98. The lowest BCUT2D eigenvalue weighted by Crippen LogP contribution is -2.34. The maximum absolute atomic E-state index is 12.9. The van der Waals surface area contributed by atoms with Crippen LogP contribution in [-0.4, -0.2) is 20.4 Å². The Morgan fingerprint density at radius 1 is 1.15 bits per heavy atom. The van der Waals surface area contributed by atoms with Crippen LogP contribution in [0.1, 0.15) is 67.9 Å². The first-order valence-corrected chi connectivity index (χ1v) is 12.3. The fraction of sp³-hybridized carbons (Fsp3) is 0.346. The molecule has 0 saturated heterocycles. The van der Waals surface area contributed by atoms with Gasteiger partial charge in [-0.2, -0.15) is 0 Å². The summed E-state index contributed by atoms with van der Waals surface area (Å²) in [6, 6.07) is 16.4. The number of nitrogens with one attached hydrogen (secondary N) is 1. The summed E-state index contributed by atoms with van der Waals surface area (Å²) in [5.41, 5.74) is 2.50. The molecule has 33 heavy (non-hydrogen) atoms. The third kappa shape index (κ3) is 4.83. The van der Waals surface area contributed by atoms with Gasteiger partial charge in [0, 0.05) is 23.1 Å². The van der Waals surface area contributed by atoms with Gasteiger partial charge in [-0.3, -0.25) is 19.3 Å². The zero-order chi connectivity index (χ0) is 23.5. The molecule has 0 radical (unpaired) electrons. The van der Waals surface area contributed by atoms with E-state index in [9.17, 15) is 14.7 Å². The monoisotopic (exact) mass is 463 g/mol. The summed E-state index contributed by atoms with van der Waals surface area (Å²) in [5.74, 6) is 0.132. The molecular formula is C26H29N3O3S. The van der Waals surface area contributed by atoms with Crippen LogP contribution in [0.25, 0.3) is 0 Å². The molecule has 0 fully saturated rings. The largest absolute Gasteiger partial charge is 0.494 e. The van der Waals surface area contributed by atoms with Crippen LogP contribution in [0.3, 0.4) is 0 Å². The Hall–Kier alpha value is -3.06. The highest BCUT2D eigenvalue weighted by molar-refractivity contribution is 7.99. The zero-order valence-corrected chi connectivity index (χ0v) is 20.0. The van der Waals surface area contributed by atoms with E-state index in [1.807, 2.05) is 31.2 Å². The van der Waals surface area contributed by atoms with Crippen molar-refractivity contribution >= 4 is 23.2 Å². The Kier molecular flexibility index (Phi) is 6.88. The molecule has 0 bridgehead atoms. The fourth-order valence-corrected chi connectivity index (χ4v) is 5.23. The van der Waals surface area contributed by atoms with Crippen LogP contribution in [-0.2, 0) is 6.54 Å². The Balaban J connectivity index is 1.83. The molecule has 0 amide bonds. The average Bonchev–Trinajstić information content (AvgIpc) is 2.98. The van der Waals surface area contributed by atoms with Gasteiger partial charge in [-0.15, -0.1) is 11.8 Å². The number of aromatic amines is 1. The van der Waals surface area contributed by atoms with E-state index in [0.29, 0.717) is 24.6 Å². The summed E-state index contributed by atoms with van der Waals surface area (Å²) in [6.07, 6.45) is 2.03. The number of fused-ring (bicyclic) bond motifs is 1. The molecule has 2 aromatic carbocycles. The number of aromatic hydroxyl groups is 1. The van der Waals surface area contributed by atoms with E-state index in [-0.39, 0.29) is 16.7 Å². The van der Waals surface area contributed by atoms with Gasteiger partial charge in [-0.05, 0) is 35.6 Å². The number of thioether (sulfide) groups is 1. The van der Waals surface area contributed by atoms with Gasteiger partial charge in [-0.1, -0.05) is 63.6 Å². The van der Waals surface area contributed by atoms with Crippen LogP contribution in [0.4, 0.5) is 5.69 Å². The molecule has 1 aliphatic rings. The van der Waals surface area contributed by atoms with Crippen molar-refractivity contribution in [2.24, 2.45) is 4.99 Å². The molecule has 2 N–H and O–H groups in total. The Morgan fingerprint density at radius 3 is 2.58 bits per heavy atom. The van der Waals surface area contributed by atoms with Gasteiger partial charge in [0.1, 0.15) is 5.56 Å². The number of benzene rings is 2. The lowest BCUT2D eigenvalue weighted by Gasteiger charge is -2.18. The van der Waals surface area contributed by atoms with E-state index >= 15 is 0 Å². The molecular weight excluding hydrogens is 434 g/mol. The Labute approximate surface area is 197 Å². The molecule has 6 nitrogen and oxygen atoms in total. The van der Waals surface area contributed by atoms with Crippen molar-refractivity contribution in [2.75, 3.05) is 0 Å². The topological polar surface area (TPSA) is 87.4 Å². The van der Waals surface area contributed by atoms with Crippen LogP contribution < -0.4 is 11.2 Å². The Bertz CT molecular complexity index is 1290. The van der Waals surface area contributed by atoms with Crippen molar-refractivity contribution in [3.8, 4) is 5.88 Å². The molecule has 0 saturated carbocycles. The third-order valence-corrected chi connectivity index (χ3v) is 7.26. The van der Waals surface area contributed by atoms with Gasteiger partial charge in [0.05, 0.1) is 11.4 Å². The third-order valence-electron chi connectivity index (χ3n) is 5.94. The minimum atomic E-state index is -0.609. The number of hydrogen-bond donors (Lipinski definition) is 2. The molecule has 4 rings (SSSR count). The second-order valence-electron chi connectivity index (χ2n) is 8.62. The van der Waals surface area contributed by atoms with Gasteiger partial charge >= 0.3 is 5.69 Å². The van der Waals surface area contributed by atoms with Crippen LogP contribution in [0.15, 0.2) is 68.0 Å². The minimum Gasteiger partial charge on any atom is -0.494 e. The van der Waals surface area contributed by atoms with Crippen LogP contribution >= 0.6 is 11.8 Å². The quantitative estimate of drug-likeness (QED) is 0.504. The highest BCUT2D eigenvalue weighted by atomic mass is 32.2. The molecule has 1 atom stereocenters. The number of rotatable bonds is 6. The molecule has 0 aliphatic carbocycles. The smallest absolute Gasteiger partial charge is 0.331 e. The number of unbranched alkanes of at least 4 members (excludes halogenated alkanes) is 1. The molecule has 1 aromatic heterocycles. The van der Waals surface area contributed by atoms with Crippen molar-refractivity contribution in [2.45, 2.75) is 62.6 Å². The predicted octanol–water partition coefficient (Wildman–Crippen LogP) is 5.52. The van der Waals surface area contributed by atoms with E-state index in [4.69, 9.17) is 4.99 Å². The van der Waals surface area contributed by atoms with Gasteiger partial charge in [0.2, 0.25) is 5.88 Å². The van der Waals surface area contributed by atoms with Gasteiger partial charge in [-0.25, -0.2) is 4.79 Å². The summed E-state index contributed by atoms with van der Waals surface area (Å²) in [5, 5.41) is 11.0.